The molecule has 0 aliphatic carbocycles. The fourth-order valence-corrected chi connectivity index (χ4v) is 2.75. The molecule has 3 aromatic rings. The van der Waals surface area contributed by atoms with Crippen LogP contribution < -0.4 is 0 Å². The molecule has 0 atom stereocenters. The van der Waals surface area contributed by atoms with Crippen molar-refractivity contribution in [3.63, 3.8) is 0 Å². The second kappa shape index (κ2) is 6.49. The van der Waals surface area contributed by atoms with Crippen molar-refractivity contribution in [1.29, 1.82) is 0 Å². The minimum atomic E-state index is -0.674. The molecule has 23 heavy (non-hydrogen) atoms. The second-order valence-electron chi connectivity index (χ2n) is 4.77. The number of carbonyl (C=O) groups is 1. The average molecular weight is 332 g/mol. The van der Waals surface area contributed by atoms with E-state index in [0.717, 1.165) is 5.56 Å². The summed E-state index contributed by atoms with van der Waals surface area (Å²) in [6.45, 7) is 0.605. The van der Waals surface area contributed by atoms with Gasteiger partial charge in [-0.15, -0.1) is 0 Å². The standard InChI is InChI=1S/C15H12N2O5S/c18-15(13-3-4-14(22-13)17(19)20)16(8-11-5-7-23-10-11)9-12-2-1-6-21-12/h1-7,10H,8-9H2. The first-order chi connectivity index (χ1) is 11.1. The van der Waals surface area contributed by atoms with Gasteiger partial charge in [0.25, 0.3) is 5.91 Å². The minimum absolute atomic E-state index is 0.0708. The summed E-state index contributed by atoms with van der Waals surface area (Å²) in [6.07, 6.45) is 1.53. The summed E-state index contributed by atoms with van der Waals surface area (Å²) in [6, 6.07) is 7.89. The predicted molar refractivity (Wildman–Crippen MR) is 82.0 cm³/mol. The Kier molecular flexibility index (Phi) is 4.24. The second-order valence-corrected chi connectivity index (χ2v) is 5.55. The third-order valence-corrected chi connectivity index (χ3v) is 3.88. The van der Waals surface area contributed by atoms with Crippen molar-refractivity contribution in [2.45, 2.75) is 13.1 Å². The SMILES string of the molecule is O=C(c1ccc([N+](=O)[O-])o1)N(Cc1ccsc1)Cc1ccco1. The molecule has 0 saturated heterocycles. The Morgan fingerprint density at radius 3 is 2.74 bits per heavy atom. The third-order valence-electron chi connectivity index (χ3n) is 3.15. The highest BCUT2D eigenvalue weighted by Crippen LogP contribution is 2.20. The first-order valence-corrected chi connectivity index (χ1v) is 7.65. The molecule has 0 aromatic carbocycles. The van der Waals surface area contributed by atoms with Gasteiger partial charge in [0, 0.05) is 6.54 Å². The van der Waals surface area contributed by atoms with E-state index in [4.69, 9.17) is 8.83 Å². The van der Waals surface area contributed by atoms with Gasteiger partial charge in [-0.25, -0.2) is 0 Å². The average Bonchev–Trinajstić information content (AvgIpc) is 3.28. The van der Waals surface area contributed by atoms with E-state index < -0.39 is 16.7 Å². The Labute approximate surface area is 134 Å². The van der Waals surface area contributed by atoms with Crippen molar-refractivity contribution >= 4 is 23.1 Å². The van der Waals surface area contributed by atoms with E-state index in [1.165, 1.54) is 34.6 Å². The lowest BCUT2D eigenvalue weighted by atomic mass is 10.2. The van der Waals surface area contributed by atoms with E-state index in [2.05, 4.69) is 0 Å². The molecule has 0 bridgehead atoms. The number of hydrogen-bond donors (Lipinski definition) is 0. The summed E-state index contributed by atoms with van der Waals surface area (Å²) in [4.78, 5) is 24.1. The first kappa shape index (κ1) is 15.0. The van der Waals surface area contributed by atoms with Gasteiger partial charge >= 0.3 is 5.88 Å². The quantitative estimate of drug-likeness (QED) is 0.507. The highest BCUT2D eigenvalue weighted by Gasteiger charge is 2.23. The van der Waals surface area contributed by atoms with Gasteiger partial charge < -0.3 is 13.7 Å². The maximum atomic E-state index is 12.6. The van der Waals surface area contributed by atoms with Crippen LogP contribution >= 0.6 is 11.3 Å². The summed E-state index contributed by atoms with van der Waals surface area (Å²) in [5.74, 6) is -0.337. The molecular formula is C15H12N2O5S. The van der Waals surface area contributed by atoms with Crippen molar-refractivity contribution in [2.75, 3.05) is 0 Å². The van der Waals surface area contributed by atoms with Crippen LogP contribution in [0.25, 0.3) is 0 Å². The molecule has 0 fully saturated rings. The number of nitro groups is 1. The van der Waals surface area contributed by atoms with Gasteiger partial charge in [0.05, 0.1) is 18.9 Å². The fraction of sp³-hybridized carbons (Fsp3) is 0.133. The van der Waals surface area contributed by atoms with Crippen molar-refractivity contribution in [3.8, 4) is 0 Å². The number of thiophene rings is 1. The molecule has 8 heteroatoms. The summed E-state index contributed by atoms with van der Waals surface area (Å²) in [5.41, 5.74) is 0.968. The number of carbonyl (C=O) groups excluding carboxylic acids is 1. The summed E-state index contributed by atoms with van der Waals surface area (Å²) < 4.78 is 10.3. The predicted octanol–water partition coefficient (Wildman–Crippen LogP) is 3.68. The van der Waals surface area contributed by atoms with Crippen molar-refractivity contribution in [3.05, 3.63) is 74.6 Å². The molecule has 7 nitrogen and oxygen atoms in total. The van der Waals surface area contributed by atoms with E-state index in [1.807, 2.05) is 16.8 Å². The largest absolute Gasteiger partial charge is 0.467 e. The zero-order valence-corrected chi connectivity index (χ0v) is 12.7. The van der Waals surface area contributed by atoms with Gasteiger partial charge in [0.1, 0.15) is 10.7 Å². The van der Waals surface area contributed by atoms with E-state index in [9.17, 15) is 14.9 Å². The van der Waals surface area contributed by atoms with Gasteiger partial charge in [-0.2, -0.15) is 11.3 Å². The van der Waals surface area contributed by atoms with Crippen molar-refractivity contribution in [1.82, 2.24) is 4.90 Å². The number of rotatable bonds is 6. The Hall–Kier alpha value is -2.87. The molecule has 0 aliphatic heterocycles. The van der Waals surface area contributed by atoms with Crippen LogP contribution in [0.2, 0.25) is 0 Å². The molecule has 0 spiro atoms. The number of hydrogen-bond acceptors (Lipinski definition) is 6. The van der Waals surface area contributed by atoms with Gasteiger partial charge in [-0.05, 0) is 40.6 Å². The van der Waals surface area contributed by atoms with Gasteiger partial charge in [0.2, 0.25) is 0 Å². The van der Waals surface area contributed by atoms with Crippen LogP contribution in [0.1, 0.15) is 21.9 Å². The lowest BCUT2D eigenvalue weighted by Gasteiger charge is -2.19. The number of furan rings is 2. The molecule has 0 radical (unpaired) electrons. The lowest BCUT2D eigenvalue weighted by molar-refractivity contribution is -0.402. The van der Waals surface area contributed by atoms with E-state index in [1.54, 1.807) is 12.1 Å². The summed E-state index contributed by atoms with van der Waals surface area (Å²) in [5, 5.41) is 14.5. The normalized spacial score (nSPS) is 10.6. The summed E-state index contributed by atoms with van der Waals surface area (Å²) in [7, 11) is 0. The molecule has 1 amide bonds. The van der Waals surface area contributed by atoms with Gasteiger partial charge in [-0.3, -0.25) is 14.9 Å². The van der Waals surface area contributed by atoms with E-state index in [0.29, 0.717) is 12.3 Å². The minimum Gasteiger partial charge on any atom is -0.467 e. The van der Waals surface area contributed by atoms with Crippen LogP contribution in [0.5, 0.6) is 0 Å². The molecule has 118 valence electrons. The molecular weight excluding hydrogens is 320 g/mol. The number of nitrogens with zero attached hydrogens (tertiary/aromatic N) is 2. The highest BCUT2D eigenvalue weighted by atomic mass is 32.1. The van der Waals surface area contributed by atoms with Gasteiger partial charge in [-0.1, -0.05) is 0 Å². The number of amides is 1. The van der Waals surface area contributed by atoms with Crippen molar-refractivity contribution < 1.29 is 18.6 Å². The van der Waals surface area contributed by atoms with E-state index in [-0.39, 0.29) is 12.3 Å². The molecule has 0 aliphatic rings. The van der Waals surface area contributed by atoms with Crippen LogP contribution in [0.15, 0.2) is 56.2 Å². The highest BCUT2D eigenvalue weighted by molar-refractivity contribution is 7.07. The first-order valence-electron chi connectivity index (χ1n) is 6.70. The molecule has 0 saturated carbocycles. The zero-order valence-electron chi connectivity index (χ0n) is 11.9. The third kappa shape index (κ3) is 3.49. The Balaban J connectivity index is 1.83. The maximum absolute atomic E-state index is 12.6. The maximum Gasteiger partial charge on any atom is 0.433 e. The van der Waals surface area contributed by atoms with Crippen LogP contribution in [0.4, 0.5) is 5.88 Å². The van der Waals surface area contributed by atoms with Crippen LogP contribution in [0.3, 0.4) is 0 Å². The smallest absolute Gasteiger partial charge is 0.433 e. The fourth-order valence-electron chi connectivity index (χ4n) is 2.09. The van der Waals surface area contributed by atoms with Gasteiger partial charge in [0.15, 0.2) is 5.76 Å². The zero-order chi connectivity index (χ0) is 16.2. The molecule has 3 aromatic heterocycles. The molecule has 0 unspecified atom stereocenters. The topological polar surface area (TPSA) is 89.7 Å². The van der Waals surface area contributed by atoms with Crippen LogP contribution in [-0.4, -0.2) is 15.7 Å². The lowest BCUT2D eigenvalue weighted by Crippen LogP contribution is -2.29. The van der Waals surface area contributed by atoms with Crippen molar-refractivity contribution in [2.24, 2.45) is 0 Å². The summed E-state index contributed by atoms with van der Waals surface area (Å²) >= 11 is 1.53. The molecule has 3 heterocycles. The molecule has 0 N–H and O–H groups in total. The monoisotopic (exact) mass is 332 g/mol. The van der Waals surface area contributed by atoms with E-state index >= 15 is 0 Å². The Morgan fingerprint density at radius 1 is 1.26 bits per heavy atom. The molecule has 3 rings (SSSR count). The Morgan fingerprint density at radius 2 is 2.13 bits per heavy atom. The van der Waals surface area contributed by atoms with Crippen LogP contribution in [0, 0.1) is 10.1 Å². The Bertz CT molecular complexity index is 756. The van der Waals surface area contributed by atoms with Crippen LogP contribution in [-0.2, 0) is 13.1 Å².